The van der Waals surface area contributed by atoms with E-state index in [1.807, 2.05) is 13.0 Å². The van der Waals surface area contributed by atoms with Crippen LogP contribution in [-0.4, -0.2) is 10.2 Å². The molecule has 0 aliphatic rings. The fourth-order valence-electron chi connectivity index (χ4n) is 0.325. The lowest BCUT2D eigenvalue weighted by Gasteiger charge is -1.79. The molecule has 0 radical (unpaired) electrons. The monoisotopic (exact) mass is 140 g/mol. The van der Waals surface area contributed by atoms with Gasteiger partial charge in [0.05, 0.1) is 0 Å². The van der Waals surface area contributed by atoms with Gasteiger partial charge in [-0.15, -0.1) is 0 Å². The highest BCUT2D eigenvalue weighted by Crippen LogP contribution is 1.82. The molecule has 2 heteroatoms. The molecule has 0 amide bonds. The molecule has 10 heavy (non-hydrogen) atoms. The van der Waals surface area contributed by atoms with Gasteiger partial charge in [0.25, 0.3) is 0 Å². The van der Waals surface area contributed by atoms with Gasteiger partial charge < -0.3 is 0 Å². The van der Waals surface area contributed by atoms with Gasteiger partial charge in [-0.3, -0.25) is 5.10 Å². The first-order chi connectivity index (χ1) is 4.63. The number of nitrogens with zero attached hydrogens (tertiary/aromatic N) is 1. The zero-order valence-corrected chi connectivity index (χ0v) is 7.18. The van der Waals surface area contributed by atoms with Crippen molar-refractivity contribution in [2.45, 2.75) is 27.7 Å². The lowest BCUT2D eigenvalue weighted by molar-refractivity contribution is 0.737. The molecule has 0 unspecified atom stereocenters. The summed E-state index contributed by atoms with van der Waals surface area (Å²) in [6, 6.07) is 1.92. The van der Waals surface area contributed by atoms with Gasteiger partial charge in [-0.1, -0.05) is 20.8 Å². The standard InChI is InChI=1S/C4H6N2.C4H10/c1-4-2-3-5-6-4;1-4(2)3/h2-3H,1H3,(H,5,6);4H,1-3H3. The maximum absolute atomic E-state index is 3.70. The lowest BCUT2D eigenvalue weighted by atomic mass is 10.3. The first-order valence-electron chi connectivity index (χ1n) is 3.59. The van der Waals surface area contributed by atoms with Crippen molar-refractivity contribution >= 4 is 0 Å². The third-order valence-electron chi connectivity index (χ3n) is 0.640. The van der Waals surface area contributed by atoms with Crippen LogP contribution in [0.2, 0.25) is 0 Å². The highest BCUT2D eigenvalue weighted by atomic mass is 15.1. The Bertz CT molecular complexity index is 140. The van der Waals surface area contributed by atoms with Crippen LogP contribution >= 0.6 is 0 Å². The summed E-state index contributed by atoms with van der Waals surface area (Å²) in [5, 5.41) is 6.45. The molecule has 0 atom stereocenters. The topological polar surface area (TPSA) is 28.7 Å². The summed E-state index contributed by atoms with van der Waals surface area (Å²) in [6.45, 7) is 8.47. The van der Waals surface area contributed by atoms with Crippen LogP contribution in [0.3, 0.4) is 0 Å². The Balaban J connectivity index is 0.000000180. The zero-order chi connectivity index (χ0) is 7.98. The van der Waals surface area contributed by atoms with E-state index in [0.29, 0.717) is 0 Å². The molecule has 0 fully saturated rings. The number of aromatic amines is 1. The zero-order valence-electron chi connectivity index (χ0n) is 7.18. The molecule has 2 nitrogen and oxygen atoms in total. The summed E-state index contributed by atoms with van der Waals surface area (Å²) in [5.41, 5.74) is 1.11. The van der Waals surface area contributed by atoms with Crippen LogP contribution < -0.4 is 0 Å². The molecule has 0 bridgehead atoms. The minimum atomic E-state index is 0.833. The van der Waals surface area contributed by atoms with Gasteiger partial charge in [0, 0.05) is 11.9 Å². The second kappa shape index (κ2) is 5.03. The van der Waals surface area contributed by atoms with E-state index in [-0.39, 0.29) is 0 Å². The summed E-state index contributed by atoms with van der Waals surface area (Å²) >= 11 is 0. The molecule has 0 aromatic carbocycles. The van der Waals surface area contributed by atoms with Crippen molar-refractivity contribution in [3.8, 4) is 0 Å². The van der Waals surface area contributed by atoms with E-state index in [2.05, 4.69) is 31.0 Å². The van der Waals surface area contributed by atoms with Gasteiger partial charge in [-0.05, 0) is 18.9 Å². The third kappa shape index (κ3) is 7.21. The third-order valence-corrected chi connectivity index (χ3v) is 0.640. The van der Waals surface area contributed by atoms with Crippen molar-refractivity contribution in [1.82, 2.24) is 10.2 Å². The number of aromatic nitrogens is 2. The van der Waals surface area contributed by atoms with E-state index in [4.69, 9.17) is 0 Å². The van der Waals surface area contributed by atoms with Gasteiger partial charge in [0.1, 0.15) is 0 Å². The first kappa shape index (κ1) is 9.21. The molecule has 1 aromatic rings. The smallest absolute Gasteiger partial charge is 0.0489 e. The summed E-state index contributed by atoms with van der Waals surface area (Å²) < 4.78 is 0. The molecule has 0 saturated heterocycles. The second-order valence-corrected chi connectivity index (χ2v) is 2.97. The van der Waals surface area contributed by atoms with Gasteiger partial charge in [-0.25, -0.2) is 0 Å². The number of hydrogen-bond acceptors (Lipinski definition) is 1. The van der Waals surface area contributed by atoms with Gasteiger partial charge in [-0.2, -0.15) is 5.10 Å². The average Bonchev–Trinajstić information content (AvgIpc) is 2.15. The van der Waals surface area contributed by atoms with Crippen LogP contribution in [0.5, 0.6) is 0 Å². The molecular formula is C8H16N2. The Kier molecular flexibility index (Phi) is 4.63. The van der Waals surface area contributed by atoms with Crippen LogP contribution in [-0.2, 0) is 0 Å². The predicted octanol–water partition coefficient (Wildman–Crippen LogP) is 2.38. The molecule has 0 aliphatic heterocycles. The average molecular weight is 140 g/mol. The fraction of sp³-hybridized carbons (Fsp3) is 0.625. The summed E-state index contributed by atoms with van der Waals surface area (Å²) in [5.74, 6) is 0.833. The summed E-state index contributed by atoms with van der Waals surface area (Å²) in [7, 11) is 0. The van der Waals surface area contributed by atoms with E-state index < -0.39 is 0 Å². The van der Waals surface area contributed by atoms with Crippen LogP contribution in [0.4, 0.5) is 0 Å². The first-order valence-corrected chi connectivity index (χ1v) is 3.59. The number of hydrogen-bond donors (Lipinski definition) is 1. The van der Waals surface area contributed by atoms with Crippen molar-refractivity contribution in [2.75, 3.05) is 0 Å². The van der Waals surface area contributed by atoms with Crippen molar-refractivity contribution in [2.24, 2.45) is 5.92 Å². The Morgan fingerprint density at radius 2 is 1.90 bits per heavy atom. The Morgan fingerprint density at radius 1 is 1.40 bits per heavy atom. The molecule has 0 spiro atoms. The van der Waals surface area contributed by atoms with Crippen LogP contribution in [0.1, 0.15) is 26.5 Å². The van der Waals surface area contributed by atoms with Gasteiger partial charge in [0.2, 0.25) is 0 Å². The number of nitrogens with one attached hydrogen (secondary N) is 1. The number of H-pyrrole nitrogens is 1. The molecule has 1 rings (SSSR count). The van der Waals surface area contributed by atoms with Crippen molar-refractivity contribution in [1.29, 1.82) is 0 Å². The van der Waals surface area contributed by atoms with Crippen molar-refractivity contribution in [3.05, 3.63) is 18.0 Å². The molecule has 1 aromatic heterocycles. The van der Waals surface area contributed by atoms with Crippen molar-refractivity contribution < 1.29 is 0 Å². The molecule has 58 valence electrons. The summed E-state index contributed by atoms with van der Waals surface area (Å²) in [4.78, 5) is 0. The summed E-state index contributed by atoms with van der Waals surface area (Å²) in [6.07, 6.45) is 1.73. The molecule has 0 aliphatic carbocycles. The van der Waals surface area contributed by atoms with Gasteiger partial charge in [0.15, 0.2) is 0 Å². The maximum Gasteiger partial charge on any atom is 0.0489 e. The van der Waals surface area contributed by atoms with Crippen LogP contribution in [0.25, 0.3) is 0 Å². The Morgan fingerprint density at radius 3 is 2.00 bits per heavy atom. The molecule has 1 N–H and O–H groups in total. The van der Waals surface area contributed by atoms with Gasteiger partial charge >= 0.3 is 0 Å². The molecule has 1 heterocycles. The van der Waals surface area contributed by atoms with E-state index in [1.165, 1.54) is 0 Å². The minimum Gasteiger partial charge on any atom is -0.283 e. The quantitative estimate of drug-likeness (QED) is 0.589. The highest BCUT2D eigenvalue weighted by molar-refractivity contribution is 4.91. The lowest BCUT2D eigenvalue weighted by Crippen LogP contribution is -1.66. The number of aryl methyl sites for hydroxylation is 1. The highest BCUT2D eigenvalue weighted by Gasteiger charge is 1.73. The van der Waals surface area contributed by atoms with E-state index in [0.717, 1.165) is 11.6 Å². The van der Waals surface area contributed by atoms with Crippen molar-refractivity contribution in [3.63, 3.8) is 0 Å². The second-order valence-electron chi connectivity index (χ2n) is 2.97. The largest absolute Gasteiger partial charge is 0.283 e. The SMILES string of the molecule is CC(C)C.Cc1ccn[nH]1. The van der Waals surface area contributed by atoms with Crippen LogP contribution in [0, 0.1) is 12.8 Å². The normalized spacial score (nSPS) is 8.90. The maximum atomic E-state index is 3.70. The predicted molar refractivity (Wildman–Crippen MR) is 43.8 cm³/mol. The van der Waals surface area contributed by atoms with E-state index >= 15 is 0 Å². The minimum absolute atomic E-state index is 0.833. The molecular weight excluding hydrogens is 124 g/mol. The Labute approximate surface area is 62.7 Å². The van der Waals surface area contributed by atoms with E-state index in [1.54, 1.807) is 6.20 Å². The van der Waals surface area contributed by atoms with Crippen LogP contribution in [0.15, 0.2) is 12.3 Å². The molecule has 0 saturated carbocycles. The van der Waals surface area contributed by atoms with E-state index in [9.17, 15) is 0 Å². The Hall–Kier alpha value is -0.790. The number of rotatable bonds is 0. The fourth-order valence-corrected chi connectivity index (χ4v) is 0.325.